The molecule has 0 bridgehead atoms. The van der Waals surface area contributed by atoms with Crippen LogP contribution in [0, 0.1) is 5.82 Å². The molecule has 9 heteroatoms. The molecule has 0 unspecified atom stereocenters. The average Bonchev–Trinajstić information content (AvgIpc) is 3.47. The third-order valence-corrected chi connectivity index (χ3v) is 7.33. The Kier molecular flexibility index (Phi) is 8.84. The van der Waals surface area contributed by atoms with Gasteiger partial charge in [0.15, 0.2) is 0 Å². The summed E-state index contributed by atoms with van der Waals surface area (Å²) >= 11 is 0. The van der Waals surface area contributed by atoms with Crippen LogP contribution in [0.3, 0.4) is 0 Å². The van der Waals surface area contributed by atoms with Gasteiger partial charge >= 0.3 is 0 Å². The van der Waals surface area contributed by atoms with Gasteiger partial charge in [-0.15, -0.1) is 0 Å². The number of carbonyl (C=O) groups is 1. The second-order valence-electron chi connectivity index (χ2n) is 8.05. The van der Waals surface area contributed by atoms with Crippen LogP contribution in [0.2, 0.25) is 0 Å². The molecule has 0 aliphatic carbocycles. The number of furan rings is 1. The lowest BCUT2D eigenvalue weighted by Crippen LogP contribution is -2.46. The smallest absolute Gasteiger partial charge is 0.238 e. The number of hydrogen-bond donors (Lipinski definition) is 0. The molecule has 1 amide bonds. The van der Waals surface area contributed by atoms with E-state index in [4.69, 9.17) is 9.15 Å². The Balaban J connectivity index is 1.78. The van der Waals surface area contributed by atoms with Crippen LogP contribution in [0.1, 0.15) is 43.9 Å². The summed E-state index contributed by atoms with van der Waals surface area (Å²) in [4.78, 5) is 14.8. The first kappa shape index (κ1) is 24.4. The highest BCUT2D eigenvalue weighted by molar-refractivity contribution is 7.89. The normalized spacial score (nSPS) is 16.5. The summed E-state index contributed by atoms with van der Waals surface area (Å²) in [6.45, 7) is 2.83. The Labute approximate surface area is 189 Å². The molecule has 2 aromatic rings. The van der Waals surface area contributed by atoms with E-state index in [-0.39, 0.29) is 49.8 Å². The van der Waals surface area contributed by atoms with E-state index in [1.165, 1.54) is 27.6 Å². The van der Waals surface area contributed by atoms with Crippen molar-refractivity contribution in [1.29, 1.82) is 0 Å². The van der Waals surface area contributed by atoms with Crippen LogP contribution in [-0.2, 0) is 32.6 Å². The van der Waals surface area contributed by atoms with Crippen molar-refractivity contribution in [3.8, 4) is 0 Å². The van der Waals surface area contributed by atoms with Gasteiger partial charge in [0, 0.05) is 19.7 Å². The molecule has 1 atom stereocenters. The van der Waals surface area contributed by atoms with Crippen molar-refractivity contribution in [3.05, 3.63) is 59.8 Å². The van der Waals surface area contributed by atoms with Crippen LogP contribution >= 0.6 is 0 Å². The number of nitrogens with zero attached hydrogens (tertiary/aromatic N) is 2. The van der Waals surface area contributed by atoms with Crippen molar-refractivity contribution < 1.29 is 26.8 Å². The number of hydrogen-bond acceptors (Lipinski definition) is 5. The number of amides is 1. The van der Waals surface area contributed by atoms with Gasteiger partial charge in [-0.3, -0.25) is 4.79 Å². The Bertz CT molecular complexity index is 941. The number of benzene rings is 1. The largest absolute Gasteiger partial charge is 0.467 e. The van der Waals surface area contributed by atoms with E-state index in [1.54, 1.807) is 24.3 Å². The maximum Gasteiger partial charge on any atom is 0.238 e. The highest BCUT2D eigenvalue weighted by Gasteiger charge is 2.30. The zero-order valence-electron chi connectivity index (χ0n) is 18.4. The van der Waals surface area contributed by atoms with Crippen LogP contribution in [0.25, 0.3) is 0 Å². The van der Waals surface area contributed by atoms with Gasteiger partial charge in [-0.25, -0.2) is 12.8 Å². The Morgan fingerprint density at radius 3 is 2.59 bits per heavy atom. The molecule has 0 saturated carbocycles. The van der Waals surface area contributed by atoms with Crippen LogP contribution in [0.5, 0.6) is 0 Å². The third kappa shape index (κ3) is 7.15. The lowest BCUT2D eigenvalue weighted by molar-refractivity contribution is -0.133. The number of rotatable bonds is 12. The second-order valence-corrected chi connectivity index (χ2v) is 10.1. The van der Waals surface area contributed by atoms with Crippen molar-refractivity contribution in [3.63, 3.8) is 0 Å². The van der Waals surface area contributed by atoms with Crippen molar-refractivity contribution >= 4 is 15.9 Å². The molecule has 7 nitrogen and oxygen atoms in total. The summed E-state index contributed by atoms with van der Waals surface area (Å²) in [5, 5.41) is 0. The van der Waals surface area contributed by atoms with Crippen molar-refractivity contribution in [1.82, 2.24) is 9.21 Å². The monoisotopic (exact) mass is 466 g/mol. The predicted octanol–water partition coefficient (Wildman–Crippen LogP) is 3.56. The fourth-order valence-corrected chi connectivity index (χ4v) is 5.24. The van der Waals surface area contributed by atoms with Crippen LogP contribution in [0.4, 0.5) is 4.39 Å². The maximum atomic E-state index is 13.3. The van der Waals surface area contributed by atoms with Gasteiger partial charge in [0.2, 0.25) is 15.9 Å². The fraction of sp³-hybridized carbons (Fsp3) is 0.522. The Morgan fingerprint density at radius 1 is 1.19 bits per heavy atom. The Hall–Kier alpha value is -2.23. The molecule has 1 fully saturated rings. The first-order valence-electron chi connectivity index (χ1n) is 11.0. The van der Waals surface area contributed by atoms with E-state index in [0.717, 1.165) is 24.8 Å². The summed E-state index contributed by atoms with van der Waals surface area (Å²) in [7, 11) is -3.61. The van der Waals surface area contributed by atoms with E-state index in [1.807, 2.05) is 6.92 Å². The molecular weight excluding hydrogens is 435 g/mol. The summed E-state index contributed by atoms with van der Waals surface area (Å²) in [6, 6.07) is 9.38. The van der Waals surface area contributed by atoms with Gasteiger partial charge in [0.05, 0.1) is 31.2 Å². The van der Waals surface area contributed by atoms with E-state index in [0.29, 0.717) is 18.8 Å². The number of ether oxygens (including phenoxy) is 1. The van der Waals surface area contributed by atoms with Gasteiger partial charge in [0.1, 0.15) is 11.6 Å². The van der Waals surface area contributed by atoms with Gasteiger partial charge in [-0.05, 0) is 49.1 Å². The van der Waals surface area contributed by atoms with Crippen molar-refractivity contribution in [2.75, 3.05) is 25.4 Å². The summed E-state index contributed by atoms with van der Waals surface area (Å²) in [6.07, 6.45) is 4.26. The molecule has 176 valence electrons. The first-order valence-corrected chi connectivity index (χ1v) is 12.6. The first-order chi connectivity index (χ1) is 15.4. The maximum absolute atomic E-state index is 13.3. The predicted molar refractivity (Wildman–Crippen MR) is 119 cm³/mol. The lowest BCUT2D eigenvalue weighted by atomic mass is 10.2. The van der Waals surface area contributed by atoms with E-state index in [9.17, 15) is 17.6 Å². The summed E-state index contributed by atoms with van der Waals surface area (Å²) < 4.78 is 51.6. The molecule has 0 spiro atoms. The number of sulfonamides is 1. The molecule has 3 rings (SSSR count). The van der Waals surface area contributed by atoms with Crippen molar-refractivity contribution in [2.24, 2.45) is 0 Å². The third-order valence-electron chi connectivity index (χ3n) is 5.46. The molecule has 1 aromatic heterocycles. The number of unbranched alkanes of at least 4 members (excludes halogenated alkanes) is 1. The molecule has 32 heavy (non-hydrogen) atoms. The minimum absolute atomic E-state index is 0.000351. The molecule has 0 N–H and O–H groups in total. The molecule has 1 aliphatic heterocycles. The van der Waals surface area contributed by atoms with Gasteiger partial charge in [-0.2, -0.15) is 4.31 Å². The molecule has 1 aliphatic rings. The highest BCUT2D eigenvalue weighted by Crippen LogP contribution is 2.18. The van der Waals surface area contributed by atoms with Gasteiger partial charge in [0.25, 0.3) is 0 Å². The van der Waals surface area contributed by atoms with E-state index in [2.05, 4.69) is 0 Å². The topological polar surface area (TPSA) is 80.1 Å². The lowest BCUT2D eigenvalue weighted by Gasteiger charge is -2.28. The minimum atomic E-state index is -3.61. The van der Waals surface area contributed by atoms with Gasteiger partial charge in [-0.1, -0.05) is 25.5 Å². The highest BCUT2D eigenvalue weighted by atomic mass is 32.2. The Morgan fingerprint density at radius 2 is 1.97 bits per heavy atom. The summed E-state index contributed by atoms with van der Waals surface area (Å²) in [5.74, 6) is -0.120. The van der Waals surface area contributed by atoms with Crippen LogP contribution in [0.15, 0.2) is 47.1 Å². The molecule has 1 saturated heterocycles. The van der Waals surface area contributed by atoms with E-state index >= 15 is 0 Å². The molecule has 0 radical (unpaired) electrons. The zero-order chi connectivity index (χ0) is 23.0. The molecular formula is C23H31FN2O5S. The van der Waals surface area contributed by atoms with Crippen molar-refractivity contribution in [2.45, 2.75) is 51.8 Å². The van der Waals surface area contributed by atoms with Crippen LogP contribution in [-0.4, -0.2) is 55.1 Å². The number of halogens is 1. The molecule has 2 heterocycles. The minimum Gasteiger partial charge on any atom is -0.467 e. The fourth-order valence-electron chi connectivity index (χ4n) is 3.63. The van der Waals surface area contributed by atoms with Gasteiger partial charge < -0.3 is 14.1 Å². The number of carbonyl (C=O) groups excluding carboxylic acids is 1. The van der Waals surface area contributed by atoms with E-state index < -0.39 is 10.0 Å². The standard InChI is InChI=1S/C23H31FN2O5S/c1-2-3-14-32(28,29)26(17-22-7-5-13-31-22)18-23(27)25(16-21-6-4-12-30-21)15-19-8-10-20(24)11-9-19/h4,6,8-12,22H,2-3,5,7,13-18H2,1H3/t22-/m1/s1. The SMILES string of the molecule is CCCCS(=O)(=O)N(CC(=O)N(Cc1ccc(F)cc1)Cc1ccco1)C[C@H]1CCCO1. The quantitative estimate of drug-likeness (QED) is 0.478. The average molecular weight is 467 g/mol. The summed E-state index contributed by atoms with van der Waals surface area (Å²) in [5.41, 5.74) is 0.742. The van der Waals surface area contributed by atoms with Crippen LogP contribution < -0.4 is 0 Å². The molecule has 1 aromatic carbocycles. The second kappa shape index (κ2) is 11.6. The zero-order valence-corrected chi connectivity index (χ0v) is 19.2.